The molecule has 9 nitrogen and oxygen atoms in total. The van der Waals surface area contributed by atoms with Gasteiger partial charge in [-0.3, -0.25) is 9.36 Å². The van der Waals surface area contributed by atoms with E-state index in [0.29, 0.717) is 61.3 Å². The highest BCUT2D eigenvalue weighted by molar-refractivity contribution is 14.1. The summed E-state index contributed by atoms with van der Waals surface area (Å²) < 4.78 is 32.1. The van der Waals surface area contributed by atoms with E-state index < -0.39 is 12.0 Å². The molecule has 0 spiro atoms. The van der Waals surface area contributed by atoms with Crippen molar-refractivity contribution in [2.24, 2.45) is 4.99 Å². The van der Waals surface area contributed by atoms with Crippen molar-refractivity contribution < 1.29 is 28.5 Å². The summed E-state index contributed by atoms with van der Waals surface area (Å²) in [5.74, 6) is 1.62. The molecule has 4 aromatic rings. The van der Waals surface area contributed by atoms with Gasteiger partial charge in [0, 0.05) is 4.47 Å². The van der Waals surface area contributed by atoms with E-state index in [2.05, 4.69) is 38.5 Å². The molecule has 46 heavy (non-hydrogen) atoms. The van der Waals surface area contributed by atoms with Crippen LogP contribution in [0, 0.1) is 3.57 Å². The summed E-state index contributed by atoms with van der Waals surface area (Å²) in [6.45, 7) is 6.37. The highest BCUT2D eigenvalue weighted by atomic mass is 127. The van der Waals surface area contributed by atoms with E-state index >= 15 is 0 Å². The molecule has 2 heterocycles. The van der Waals surface area contributed by atoms with Crippen LogP contribution in [0.2, 0.25) is 0 Å². The Morgan fingerprint density at radius 1 is 1.02 bits per heavy atom. The lowest BCUT2D eigenvalue weighted by Gasteiger charge is -2.26. The number of benzene rings is 3. The molecule has 5 rings (SSSR count). The van der Waals surface area contributed by atoms with Gasteiger partial charge in [-0.25, -0.2) is 9.79 Å². The zero-order valence-electron chi connectivity index (χ0n) is 25.9. The Hall–Kier alpha value is -3.62. The minimum atomic E-state index is -0.833. The first-order valence-corrected chi connectivity index (χ1v) is 17.1. The number of halogens is 2. The van der Waals surface area contributed by atoms with Gasteiger partial charge in [-0.2, -0.15) is 0 Å². The van der Waals surface area contributed by atoms with Gasteiger partial charge in [0.1, 0.15) is 6.61 Å². The molecule has 12 heteroatoms. The molecule has 0 fully saturated rings. The Morgan fingerprint density at radius 3 is 2.43 bits per heavy atom. The Morgan fingerprint density at radius 2 is 1.76 bits per heavy atom. The molecule has 0 unspecified atom stereocenters. The number of nitrogens with zero attached hydrogens (tertiary/aromatic N) is 2. The average molecular weight is 820 g/mol. The van der Waals surface area contributed by atoms with E-state index in [4.69, 9.17) is 28.7 Å². The molecule has 1 aromatic heterocycles. The van der Waals surface area contributed by atoms with Crippen molar-refractivity contribution >= 4 is 61.9 Å². The number of allylic oxidation sites excluding steroid dienone is 1. The smallest absolute Gasteiger partial charge is 0.338 e. The van der Waals surface area contributed by atoms with Gasteiger partial charge in [0.15, 0.2) is 27.8 Å². The Labute approximate surface area is 292 Å². The topological polar surface area (TPSA) is 97.6 Å². The predicted octanol–water partition coefficient (Wildman–Crippen LogP) is 6.16. The Kier molecular flexibility index (Phi) is 10.9. The van der Waals surface area contributed by atoms with Gasteiger partial charge in [0.05, 0.1) is 52.8 Å². The maximum absolute atomic E-state index is 14.2. The van der Waals surface area contributed by atoms with E-state index in [1.165, 1.54) is 15.9 Å². The van der Waals surface area contributed by atoms with Crippen molar-refractivity contribution in [1.82, 2.24) is 4.57 Å². The number of carbonyl (C=O) groups excluding carboxylic acids is 1. The molecular formula is C34H32BrIN2O7S. The molecule has 0 amide bonds. The van der Waals surface area contributed by atoms with Gasteiger partial charge in [-0.05, 0) is 90.4 Å². The van der Waals surface area contributed by atoms with E-state index in [-0.39, 0.29) is 17.7 Å². The first-order chi connectivity index (χ1) is 22.2. The summed E-state index contributed by atoms with van der Waals surface area (Å²) in [7, 11) is 3.13. The van der Waals surface area contributed by atoms with Crippen LogP contribution >= 0.6 is 49.9 Å². The van der Waals surface area contributed by atoms with Crippen LogP contribution in [-0.4, -0.2) is 38.0 Å². The second-order valence-corrected chi connectivity index (χ2v) is 13.1. The number of fused-ring (bicyclic) bond motifs is 1. The molecule has 0 bridgehead atoms. The number of methoxy groups -OCH3 is 2. The van der Waals surface area contributed by atoms with E-state index in [1.807, 2.05) is 49.4 Å². The van der Waals surface area contributed by atoms with Crippen LogP contribution < -0.4 is 33.8 Å². The number of carbonyl (C=O) groups is 1. The zero-order chi connectivity index (χ0) is 33.0. The molecule has 0 N–H and O–H groups in total. The fourth-order valence-electron chi connectivity index (χ4n) is 5.12. The van der Waals surface area contributed by atoms with Crippen molar-refractivity contribution in [3.05, 3.63) is 110 Å². The third-order valence-electron chi connectivity index (χ3n) is 7.17. The molecule has 0 radical (unpaired) electrons. The van der Waals surface area contributed by atoms with Crippen molar-refractivity contribution in [2.45, 2.75) is 33.4 Å². The van der Waals surface area contributed by atoms with Crippen molar-refractivity contribution in [3.8, 4) is 23.0 Å². The molecular weight excluding hydrogens is 787 g/mol. The third-order valence-corrected chi connectivity index (χ3v) is 9.64. The van der Waals surface area contributed by atoms with E-state index in [9.17, 15) is 9.59 Å². The summed E-state index contributed by atoms with van der Waals surface area (Å²) >= 11 is 7.11. The number of hydrogen-bond donors (Lipinski definition) is 0. The van der Waals surface area contributed by atoms with Crippen molar-refractivity contribution in [2.75, 3.05) is 27.4 Å². The van der Waals surface area contributed by atoms with Crippen LogP contribution in [0.4, 0.5) is 0 Å². The van der Waals surface area contributed by atoms with Gasteiger partial charge in [0.2, 0.25) is 0 Å². The minimum Gasteiger partial charge on any atom is -0.493 e. The molecule has 1 aliphatic rings. The highest BCUT2D eigenvalue weighted by Gasteiger charge is 2.35. The number of aromatic nitrogens is 1. The summed E-state index contributed by atoms with van der Waals surface area (Å²) in [4.78, 5) is 32.7. The van der Waals surface area contributed by atoms with Crippen LogP contribution in [0.25, 0.3) is 6.08 Å². The fraction of sp³-hybridized carbons (Fsp3) is 0.265. The lowest BCUT2D eigenvalue weighted by atomic mass is 9.95. The SMILES string of the molecule is CCOC(=O)C1=C(C)N=c2s/c(=C/c3cc(I)c(OCc4ccccc4)c(OC)c3)c(=O)n2[C@@H]1c1cc(OC)c(OCC)cc1Br. The van der Waals surface area contributed by atoms with Crippen LogP contribution in [0.15, 0.2) is 80.1 Å². The average Bonchev–Trinajstić information content (AvgIpc) is 3.34. The number of hydrogen-bond acceptors (Lipinski definition) is 9. The lowest BCUT2D eigenvalue weighted by molar-refractivity contribution is -0.139. The van der Waals surface area contributed by atoms with Crippen LogP contribution in [0.5, 0.6) is 23.0 Å². The zero-order valence-corrected chi connectivity index (χ0v) is 30.4. The first-order valence-electron chi connectivity index (χ1n) is 14.4. The summed E-state index contributed by atoms with van der Waals surface area (Å²) in [5, 5.41) is 0. The molecule has 240 valence electrons. The molecule has 0 saturated carbocycles. The summed E-state index contributed by atoms with van der Waals surface area (Å²) in [6, 6.07) is 16.4. The first kappa shape index (κ1) is 33.7. The van der Waals surface area contributed by atoms with Gasteiger partial charge >= 0.3 is 5.97 Å². The molecule has 0 saturated heterocycles. The van der Waals surface area contributed by atoms with Gasteiger partial charge in [-0.15, -0.1) is 0 Å². The maximum atomic E-state index is 14.2. The largest absolute Gasteiger partial charge is 0.493 e. The van der Waals surface area contributed by atoms with Crippen LogP contribution in [0.1, 0.15) is 43.5 Å². The van der Waals surface area contributed by atoms with Gasteiger partial charge in [-0.1, -0.05) is 57.6 Å². The standard InChI is InChI=1S/C34H32BrIN2O7S/c1-6-43-26-17-23(35)22(16-25(26)41-4)30-29(33(40)44-7-2)19(3)37-34-38(30)32(39)28(46-34)15-21-13-24(36)31(27(14-21)42-5)45-18-20-11-9-8-10-12-20/h8-17,30H,6-7,18H2,1-5H3/b28-15+/t30-/m1/s1. The molecule has 1 aliphatic heterocycles. The second kappa shape index (κ2) is 14.9. The molecule has 0 aliphatic carbocycles. The van der Waals surface area contributed by atoms with Gasteiger partial charge < -0.3 is 23.7 Å². The second-order valence-electron chi connectivity index (χ2n) is 10.1. The summed E-state index contributed by atoms with van der Waals surface area (Å²) in [6.07, 6.45) is 1.80. The maximum Gasteiger partial charge on any atom is 0.338 e. The van der Waals surface area contributed by atoms with Crippen LogP contribution in [-0.2, 0) is 16.1 Å². The number of thiazole rings is 1. The number of rotatable bonds is 11. The lowest BCUT2D eigenvalue weighted by Crippen LogP contribution is -2.40. The minimum absolute atomic E-state index is 0.173. The van der Waals surface area contributed by atoms with Gasteiger partial charge in [0.25, 0.3) is 5.56 Å². The number of esters is 1. The fourth-order valence-corrected chi connectivity index (χ4v) is 7.49. The molecule has 3 aromatic carbocycles. The highest BCUT2D eigenvalue weighted by Crippen LogP contribution is 2.41. The Balaban J connectivity index is 1.63. The van der Waals surface area contributed by atoms with Crippen molar-refractivity contribution in [1.29, 1.82) is 0 Å². The Bertz CT molecular complexity index is 1990. The van der Waals surface area contributed by atoms with Crippen molar-refractivity contribution in [3.63, 3.8) is 0 Å². The number of ether oxygens (including phenoxy) is 5. The van der Waals surface area contributed by atoms with E-state index in [0.717, 1.165) is 14.7 Å². The van der Waals surface area contributed by atoms with E-state index in [1.54, 1.807) is 46.3 Å². The normalized spacial score (nSPS) is 14.4. The summed E-state index contributed by atoms with van der Waals surface area (Å²) in [5.41, 5.74) is 2.84. The molecule has 1 atom stereocenters. The monoisotopic (exact) mass is 818 g/mol. The predicted molar refractivity (Wildman–Crippen MR) is 189 cm³/mol. The quantitative estimate of drug-likeness (QED) is 0.132. The third kappa shape index (κ3) is 6.88. The van der Waals surface area contributed by atoms with Crippen LogP contribution in [0.3, 0.4) is 0 Å².